The molecule has 2 heteroatoms. The van der Waals surface area contributed by atoms with E-state index in [0.717, 1.165) is 25.4 Å². The number of hydrogen-bond donors (Lipinski definition) is 1. The van der Waals surface area contributed by atoms with Crippen LogP contribution in [0.4, 0.5) is 0 Å². The SMILES string of the molecule is CCCC(C)C(N)C1(OCC)CCC(C)CC1. The van der Waals surface area contributed by atoms with Crippen LogP contribution in [0.1, 0.15) is 66.2 Å². The predicted octanol–water partition coefficient (Wildman–Crippen LogP) is 3.74. The van der Waals surface area contributed by atoms with Gasteiger partial charge >= 0.3 is 0 Å². The second kappa shape index (κ2) is 6.75. The minimum Gasteiger partial charge on any atom is -0.374 e. The predicted molar refractivity (Wildman–Crippen MR) is 74.0 cm³/mol. The van der Waals surface area contributed by atoms with Crippen molar-refractivity contribution in [1.82, 2.24) is 0 Å². The van der Waals surface area contributed by atoms with Crippen molar-refractivity contribution in [1.29, 1.82) is 0 Å². The van der Waals surface area contributed by atoms with Gasteiger partial charge in [-0.25, -0.2) is 0 Å². The maximum absolute atomic E-state index is 6.52. The Kier molecular flexibility index (Phi) is 5.94. The second-order valence-corrected chi connectivity index (χ2v) is 5.97. The molecule has 1 aliphatic rings. The quantitative estimate of drug-likeness (QED) is 0.769. The zero-order valence-corrected chi connectivity index (χ0v) is 12.2. The van der Waals surface area contributed by atoms with E-state index in [1.807, 2.05) is 0 Å². The van der Waals surface area contributed by atoms with Crippen LogP contribution in [0.5, 0.6) is 0 Å². The highest BCUT2D eigenvalue weighted by atomic mass is 16.5. The molecule has 0 aromatic rings. The highest BCUT2D eigenvalue weighted by Crippen LogP contribution is 2.39. The first kappa shape index (κ1) is 15.0. The summed E-state index contributed by atoms with van der Waals surface area (Å²) in [6.07, 6.45) is 7.27. The normalized spacial score (nSPS) is 33.4. The molecule has 1 rings (SSSR count). The first-order valence-electron chi connectivity index (χ1n) is 7.45. The summed E-state index contributed by atoms with van der Waals surface area (Å²) < 4.78 is 6.12. The van der Waals surface area contributed by atoms with Crippen molar-refractivity contribution in [2.45, 2.75) is 77.9 Å². The number of ether oxygens (including phenoxy) is 1. The molecular formula is C15H31NO. The fraction of sp³-hybridized carbons (Fsp3) is 1.00. The van der Waals surface area contributed by atoms with Crippen molar-refractivity contribution in [2.75, 3.05) is 6.61 Å². The van der Waals surface area contributed by atoms with Crippen LogP contribution in [-0.4, -0.2) is 18.2 Å². The number of nitrogens with two attached hydrogens (primary N) is 1. The maximum atomic E-state index is 6.52. The van der Waals surface area contributed by atoms with Gasteiger partial charge in [0, 0.05) is 12.6 Å². The zero-order valence-electron chi connectivity index (χ0n) is 12.2. The van der Waals surface area contributed by atoms with Gasteiger partial charge in [0.1, 0.15) is 0 Å². The Morgan fingerprint density at radius 3 is 2.35 bits per heavy atom. The van der Waals surface area contributed by atoms with E-state index < -0.39 is 0 Å². The molecule has 2 N–H and O–H groups in total. The van der Waals surface area contributed by atoms with Crippen molar-refractivity contribution in [2.24, 2.45) is 17.6 Å². The Morgan fingerprint density at radius 2 is 1.88 bits per heavy atom. The first-order chi connectivity index (χ1) is 8.05. The van der Waals surface area contributed by atoms with Gasteiger partial charge in [0.2, 0.25) is 0 Å². The molecule has 0 bridgehead atoms. The van der Waals surface area contributed by atoms with E-state index in [2.05, 4.69) is 27.7 Å². The fourth-order valence-corrected chi connectivity index (χ4v) is 3.27. The van der Waals surface area contributed by atoms with Gasteiger partial charge in [-0.15, -0.1) is 0 Å². The van der Waals surface area contributed by atoms with E-state index in [-0.39, 0.29) is 11.6 Å². The Balaban J connectivity index is 2.69. The third-order valence-electron chi connectivity index (χ3n) is 4.52. The van der Waals surface area contributed by atoms with Crippen LogP contribution < -0.4 is 5.73 Å². The van der Waals surface area contributed by atoms with E-state index in [1.165, 1.54) is 25.7 Å². The first-order valence-corrected chi connectivity index (χ1v) is 7.45. The van der Waals surface area contributed by atoms with Crippen molar-refractivity contribution in [3.63, 3.8) is 0 Å². The number of rotatable bonds is 6. The lowest BCUT2D eigenvalue weighted by molar-refractivity contribution is -0.0987. The Morgan fingerprint density at radius 1 is 1.29 bits per heavy atom. The molecule has 1 fully saturated rings. The van der Waals surface area contributed by atoms with Crippen LogP contribution in [0, 0.1) is 11.8 Å². The van der Waals surface area contributed by atoms with Crippen LogP contribution in [0.3, 0.4) is 0 Å². The van der Waals surface area contributed by atoms with E-state index in [1.54, 1.807) is 0 Å². The summed E-state index contributed by atoms with van der Waals surface area (Å²) in [5.41, 5.74) is 6.49. The molecule has 0 aliphatic heterocycles. The summed E-state index contributed by atoms with van der Waals surface area (Å²) in [5, 5.41) is 0. The monoisotopic (exact) mass is 241 g/mol. The second-order valence-electron chi connectivity index (χ2n) is 5.97. The van der Waals surface area contributed by atoms with Crippen LogP contribution in [0.25, 0.3) is 0 Å². The number of hydrogen-bond acceptors (Lipinski definition) is 2. The van der Waals surface area contributed by atoms with Gasteiger partial charge < -0.3 is 10.5 Å². The molecule has 0 radical (unpaired) electrons. The highest BCUT2D eigenvalue weighted by molar-refractivity contribution is 4.97. The molecular weight excluding hydrogens is 210 g/mol. The standard InChI is InChI=1S/C15H31NO/c1-5-7-13(4)14(16)15(17-6-2)10-8-12(3)9-11-15/h12-14H,5-11,16H2,1-4H3. The molecule has 1 aliphatic carbocycles. The Bertz CT molecular complexity index is 209. The molecule has 0 saturated heterocycles. The van der Waals surface area contributed by atoms with Gasteiger partial charge in [-0.05, 0) is 50.9 Å². The molecule has 0 aromatic heterocycles. The summed E-state index contributed by atoms with van der Waals surface area (Å²) >= 11 is 0. The molecule has 2 unspecified atom stereocenters. The minimum atomic E-state index is -0.0319. The smallest absolute Gasteiger partial charge is 0.0835 e. The summed E-state index contributed by atoms with van der Waals surface area (Å²) in [7, 11) is 0. The topological polar surface area (TPSA) is 35.2 Å². The van der Waals surface area contributed by atoms with Crippen LogP contribution in [0.2, 0.25) is 0 Å². The van der Waals surface area contributed by atoms with Crippen molar-refractivity contribution >= 4 is 0 Å². The summed E-state index contributed by atoms with van der Waals surface area (Å²) in [6.45, 7) is 9.75. The summed E-state index contributed by atoms with van der Waals surface area (Å²) in [4.78, 5) is 0. The van der Waals surface area contributed by atoms with E-state index in [0.29, 0.717) is 5.92 Å². The van der Waals surface area contributed by atoms with Crippen LogP contribution >= 0.6 is 0 Å². The molecule has 0 heterocycles. The average molecular weight is 241 g/mol. The van der Waals surface area contributed by atoms with Crippen molar-refractivity contribution in [3.05, 3.63) is 0 Å². The van der Waals surface area contributed by atoms with Gasteiger partial charge in [-0.1, -0.05) is 27.2 Å². The molecule has 102 valence electrons. The summed E-state index contributed by atoms with van der Waals surface area (Å²) in [5.74, 6) is 1.41. The molecule has 0 spiro atoms. The van der Waals surface area contributed by atoms with Crippen molar-refractivity contribution in [3.8, 4) is 0 Å². The van der Waals surface area contributed by atoms with Gasteiger partial charge in [0.05, 0.1) is 5.60 Å². The highest BCUT2D eigenvalue weighted by Gasteiger charge is 2.42. The molecule has 0 aromatic carbocycles. The average Bonchev–Trinajstić information content (AvgIpc) is 2.32. The lowest BCUT2D eigenvalue weighted by Gasteiger charge is -2.45. The zero-order chi connectivity index (χ0) is 12.9. The molecule has 2 atom stereocenters. The molecule has 0 amide bonds. The third-order valence-corrected chi connectivity index (χ3v) is 4.52. The van der Waals surface area contributed by atoms with Gasteiger partial charge in [-0.3, -0.25) is 0 Å². The van der Waals surface area contributed by atoms with E-state index >= 15 is 0 Å². The minimum absolute atomic E-state index is 0.0319. The van der Waals surface area contributed by atoms with Crippen LogP contribution in [-0.2, 0) is 4.74 Å². The maximum Gasteiger partial charge on any atom is 0.0835 e. The summed E-state index contributed by atoms with van der Waals surface area (Å²) in [6, 6.07) is 0.204. The van der Waals surface area contributed by atoms with Gasteiger partial charge in [0.15, 0.2) is 0 Å². The Hall–Kier alpha value is -0.0800. The molecule has 1 saturated carbocycles. The lowest BCUT2D eigenvalue weighted by Crippen LogP contribution is -2.55. The largest absolute Gasteiger partial charge is 0.374 e. The fourth-order valence-electron chi connectivity index (χ4n) is 3.27. The lowest BCUT2D eigenvalue weighted by atomic mass is 9.71. The van der Waals surface area contributed by atoms with E-state index in [9.17, 15) is 0 Å². The molecule has 2 nitrogen and oxygen atoms in total. The Labute approximate surface area is 107 Å². The molecule has 17 heavy (non-hydrogen) atoms. The van der Waals surface area contributed by atoms with E-state index in [4.69, 9.17) is 10.5 Å². The third kappa shape index (κ3) is 3.69. The van der Waals surface area contributed by atoms with Gasteiger partial charge in [0.25, 0.3) is 0 Å². The van der Waals surface area contributed by atoms with Crippen LogP contribution in [0.15, 0.2) is 0 Å². The van der Waals surface area contributed by atoms with Gasteiger partial charge in [-0.2, -0.15) is 0 Å². The van der Waals surface area contributed by atoms with Crippen molar-refractivity contribution < 1.29 is 4.74 Å².